The average molecular weight is 220 g/mol. The lowest BCUT2D eigenvalue weighted by Crippen LogP contribution is -2.16. The normalized spacial score (nSPS) is 20.2. The molecule has 0 N–H and O–H groups in total. The lowest BCUT2D eigenvalue weighted by molar-refractivity contribution is -0.122. The second-order valence-electron chi connectivity index (χ2n) is 4.98. The fourth-order valence-corrected chi connectivity index (χ4v) is 2.30. The number of ketones is 1. The molecule has 0 radical (unpaired) electrons. The van der Waals surface area contributed by atoms with Crippen LogP contribution in [-0.2, 0) is 4.79 Å². The smallest absolute Gasteiger partial charge is 0.136 e. The highest BCUT2D eigenvalue weighted by Crippen LogP contribution is 2.28. The van der Waals surface area contributed by atoms with E-state index in [-0.39, 0.29) is 0 Å². The number of hydrogen-bond donors (Lipinski definition) is 0. The van der Waals surface area contributed by atoms with E-state index in [0.717, 1.165) is 32.1 Å². The van der Waals surface area contributed by atoms with Crippen LogP contribution < -0.4 is 0 Å². The number of rotatable bonds is 5. The minimum atomic E-state index is 0.316. The van der Waals surface area contributed by atoms with Crippen LogP contribution in [0, 0.1) is 5.92 Å². The zero-order valence-corrected chi connectivity index (χ0v) is 10.9. The Morgan fingerprint density at radius 1 is 1.50 bits per heavy atom. The van der Waals surface area contributed by atoms with Gasteiger partial charge in [-0.3, -0.25) is 4.79 Å². The van der Waals surface area contributed by atoms with Gasteiger partial charge in [-0.2, -0.15) is 0 Å². The Kier molecular flexibility index (Phi) is 5.51. The Hall–Kier alpha value is -0.850. The predicted molar refractivity (Wildman–Crippen MR) is 69.4 cm³/mol. The van der Waals surface area contributed by atoms with Crippen molar-refractivity contribution in [1.29, 1.82) is 0 Å². The summed E-state index contributed by atoms with van der Waals surface area (Å²) in [6.45, 7) is 6.25. The third kappa shape index (κ3) is 4.34. The van der Waals surface area contributed by atoms with Gasteiger partial charge in [-0.15, -0.1) is 0 Å². The number of hydrogen-bond acceptors (Lipinski definition) is 1. The molecule has 0 fully saturated rings. The first kappa shape index (κ1) is 13.2. The summed E-state index contributed by atoms with van der Waals surface area (Å²) >= 11 is 0. The Morgan fingerprint density at radius 3 is 2.88 bits per heavy atom. The molecule has 16 heavy (non-hydrogen) atoms. The van der Waals surface area contributed by atoms with Gasteiger partial charge >= 0.3 is 0 Å². The van der Waals surface area contributed by atoms with Crippen LogP contribution in [0.15, 0.2) is 23.3 Å². The summed E-state index contributed by atoms with van der Waals surface area (Å²) < 4.78 is 0. The van der Waals surface area contributed by atoms with Gasteiger partial charge < -0.3 is 0 Å². The van der Waals surface area contributed by atoms with Gasteiger partial charge in [0.1, 0.15) is 5.78 Å². The van der Waals surface area contributed by atoms with Gasteiger partial charge in [0, 0.05) is 12.3 Å². The van der Waals surface area contributed by atoms with E-state index in [1.54, 1.807) is 0 Å². The van der Waals surface area contributed by atoms with Crippen LogP contribution in [0.25, 0.3) is 0 Å². The number of Topliss-reactive ketones (excluding diaryl/α,β-unsaturated/α-hetero) is 1. The summed E-state index contributed by atoms with van der Waals surface area (Å²) in [4.78, 5) is 11.7. The van der Waals surface area contributed by atoms with E-state index in [1.165, 1.54) is 11.1 Å². The molecule has 0 aromatic carbocycles. The molecule has 1 aliphatic rings. The zero-order chi connectivity index (χ0) is 12.0. The van der Waals surface area contributed by atoms with Gasteiger partial charge in [0.2, 0.25) is 0 Å². The van der Waals surface area contributed by atoms with E-state index < -0.39 is 0 Å². The molecule has 0 unspecified atom stereocenters. The third-order valence-corrected chi connectivity index (χ3v) is 3.28. The van der Waals surface area contributed by atoms with E-state index in [9.17, 15) is 4.79 Å². The molecule has 1 nitrogen and oxygen atoms in total. The maximum absolute atomic E-state index is 11.7. The summed E-state index contributed by atoms with van der Waals surface area (Å²) in [6.07, 6.45) is 10.8. The van der Waals surface area contributed by atoms with Crippen LogP contribution >= 0.6 is 0 Å². The molecular formula is C15H24O. The predicted octanol–water partition coefficient (Wildman–Crippen LogP) is 4.44. The Balaban J connectivity index is 2.41. The van der Waals surface area contributed by atoms with Crippen molar-refractivity contribution in [3.8, 4) is 0 Å². The molecule has 90 valence electrons. The quantitative estimate of drug-likeness (QED) is 0.626. The van der Waals surface area contributed by atoms with E-state index in [1.807, 2.05) is 6.92 Å². The van der Waals surface area contributed by atoms with Crippen LogP contribution in [0.1, 0.15) is 59.3 Å². The summed E-state index contributed by atoms with van der Waals surface area (Å²) in [7, 11) is 0. The highest BCUT2D eigenvalue weighted by molar-refractivity contribution is 5.81. The summed E-state index contributed by atoms with van der Waals surface area (Å²) in [5.74, 6) is 0.768. The lowest BCUT2D eigenvalue weighted by atomic mass is 9.83. The molecule has 1 atom stereocenters. The second kappa shape index (κ2) is 6.67. The Morgan fingerprint density at radius 2 is 2.25 bits per heavy atom. The van der Waals surface area contributed by atoms with Crippen molar-refractivity contribution in [2.24, 2.45) is 5.92 Å². The molecule has 0 saturated heterocycles. The molecule has 0 aromatic rings. The molecule has 0 spiro atoms. The highest BCUT2D eigenvalue weighted by Gasteiger charge is 2.20. The largest absolute Gasteiger partial charge is 0.299 e. The first-order valence-electron chi connectivity index (χ1n) is 6.47. The van der Waals surface area contributed by atoms with Gasteiger partial charge in [0.25, 0.3) is 0 Å². The first-order chi connectivity index (χ1) is 7.63. The fourth-order valence-electron chi connectivity index (χ4n) is 2.30. The van der Waals surface area contributed by atoms with Crippen molar-refractivity contribution >= 4 is 5.78 Å². The van der Waals surface area contributed by atoms with E-state index >= 15 is 0 Å². The van der Waals surface area contributed by atoms with Crippen LogP contribution in [-0.4, -0.2) is 5.78 Å². The van der Waals surface area contributed by atoms with Crippen molar-refractivity contribution in [2.75, 3.05) is 0 Å². The monoisotopic (exact) mass is 220 g/mol. The number of carbonyl (C=O) groups is 1. The minimum absolute atomic E-state index is 0.316. The van der Waals surface area contributed by atoms with Crippen LogP contribution in [0.4, 0.5) is 0 Å². The number of allylic oxidation sites excluding steroid dienone is 4. The molecule has 0 aromatic heterocycles. The Labute approximate surface area is 99.6 Å². The van der Waals surface area contributed by atoms with Gasteiger partial charge in [-0.1, -0.05) is 30.2 Å². The lowest BCUT2D eigenvalue weighted by Gasteiger charge is -2.21. The minimum Gasteiger partial charge on any atom is -0.299 e. The van der Waals surface area contributed by atoms with E-state index in [2.05, 4.69) is 26.0 Å². The molecule has 0 heterocycles. The number of carbonyl (C=O) groups excluding carboxylic acids is 1. The zero-order valence-electron chi connectivity index (χ0n) is 10.9. The molecule has 1 heteroatoms. The van der Waals surface area contributed by atoms with Crippen molar-refractivity contribution < 1.29 is 4.79 Å². The van der Waals surface area contributed by atoms with Crippen LogP contribution in [0.5, 0.6) is 0 Å². The van der Waals surface area contributed by atoms with Crippen LogP contribution in [0.2, 0.25) is 0 Å². The van der Waals surface area contributed by atoms with Gasteiger partial charge in [-0.05, 0) is 46.0 Å². The summed E-state index contributed by atoms with van der Waals surface area (Å²) in [5, 5.41) is 0. The maximum Gasteiger partial charge on any atom is 0.136 e. The second-order valence-corrected chi connectivity index (χ2v) is 4.98. The molecule has 1 rings (SSSR count). The Bertz CT molecular complexity index is 293. The maximum atomic E-state index is 11.7. The van der Waals surface area contributed by atoms with Crippen molar-refractivity contribution in [3.05, 3.63) is 23.3 Å². The molecule has 1 aliphatic carbocycles. The highest BCUT2D eigenvalue weighted by atomic mass is 16.1. The SMILES string of the molecule is CCC(=O)[C@H]1CCC=C(CCC=C(C)C)C1. The van der Waals surface area contributed by atoms with Crippen LogP contribution in [0.3, 0.4) is 0 Å². The van der Waals surface area contributed by atoms with Crippen molar-refractivity contribution in [3.63, 3.8) is 0 Å². The molecule has 0 aliphatic heterocycles. The van der Waals surface area contributed by atoms with Gasteiger partial charge in [0.05, 0.1) is 0 Å². The molecule has 0 amide bonds. The standard InChI is InChI=1S/C15H24O/c1-4-15(16)14-10-6-9-13(11-14)8-5-7-12(2)3/h7,9,14H,4-6,8,10-11H2,1-3H3/t14-/m0/s1. The average Bonchev–Trinajstić information content (AvgIpc) is 2.28. The first-order valence-corrected chi connectivity index (χ1v) is 6.47. The topological polar surface area (TPSA) is 17.1 Å². The molecular weight excluding hydrogens is 196 g/mol. The summed E-state index contributed by atoms with van der Waals surface area (Å²) in [5.41, 5.74) is 2.88. The van der Waals surface area contributed by atoms with Gasteiger partial charge in [-0.25, -0.2) is 0 Å². The van der Waals surface area contributed by atoms with Crippen molar-refractivity contribution in [2.45, 2.75) is 59.3 Å². The van der Waals surface area contributed by atoms with E-state index in [4.69, 9.17) is 0 Å². The van der Waals surface area contributed by atoms with Gasteiger partial charge in [0.15, 0.2) is 0 Å². The van der Waals surface area contributed by atoms with Crippen molar-refractivity contribution in [1.82, 2.24) is 0 Å². The molecule has 0 saturated carbocycles. The fraction of sp³-hybridized carbons (Fsp3) is 0.667. The molecule has 0 bridgehead atoms. The van der Waals surface area contributed by atoms with E-state index in [0.29, 0.717) is 18.1 Å². The third-order valence-electron chi connectivity index (χ3n) is 3.28. The summed E-state index contributed by atoms with van der Waals surface area (Å²) in [6, 6.07) is 0.